The predicted molar refractivity (Wildman–Crippen MR) is 167 cm³/mol. The zero-order valence-electron chi connectivity index (χ0n) is 26.7. The highest BCUT2D eigenvalue weighted by Crippen LogP contribution is 2.32. The molecule has 0 saturated heterocycles. The lowest BCUT2D eigenvalue weighted by Crippen LogP contribution is -2.35. The molecule has 0 saturated carbocycles. The second-order valence-electron chi connectivity index (χ2n) is 12.5. The molecule has 0 bridgehead atoms. The van der Waals surface area contributed by atoms with Gasteiger partial charge in [0.1, 0.15) is 23.8 Å². The van der Waals surface area contributed by atoms with E-state index in [0.717, 1.165) is 16.8 Å². The number of hydrogen-bond donors (Lipinski definition) is 1. The standard InChI is InChI=1S/C33H33F3N8O3/c1-20(2)28(31-38-18-25(47-31)19-44(4,5)6)40-30(45)27-29(26-14-15-39-42(26)23-12-10-21(17-37)11-13-23)41(3)43(32(27)46)24-9-7-8-22(16-24)33(34,35)36/h7-16,18,20,28H,19H2,1-6H3/p+1/t28-/m0/s1. The first-order valence-corrected chi connectivity index (χ1v) is 14.7. The van der Waals surface area contributed by atoms with Gasteiger partial charge in [-0.05, 0) is 54.4 Å². The van der Waals surface area contributed by atoms with Crippen LogP contribution in [0.4, 0.5) is 13.2 Å². The fraction of sp³-hybridized carbons (Fsp3) is 0.303. The summed E-state index contributed by atoms with van der Waals surface area (Å²) >= 11 is 0. The van der Waals surface area contributed by atoms with Crippen molar-refractivity contribution in [3.8, 4) is 28.8 Å². The maximum Gasteiger partial charge on any atom is 0.416 e. The van der Waals surface area contributed by atoms with E-state index in [1.807, 2.05) is 35.0 Å². The van der Waals surface area contributed by atoms with Crippen molar-refractivity contribution in [3.05, 3.63) is 106 Å². The molecule has 1 amide bonds. The summed E-state index contributed by atoms with van der Waals surface area (Å²) in [6, 6.07) is 13.7. The van der Waals surface area contributed by atoms with Crippen LogP contribution in [0.1, 0.15) is 53.0 Å². The molecule has 5 aromatic rings. The van der Waals surface area contributed by atoms with E-state index in [0.29, 0.717) is 33.7 Å². The number of halogens is 3. The van der Waals surface area contributed by atoms with Gasteiger partial charge in [0.25, 0.3) is 11.5 Å². The molecule has 14 heteroatoms. The van der Waals surface area contributed by atoms with Crippen molar-refractivity contribution in [2.45, 2.75) is 32.6 Å². The summed E-state index contributed by atoms with van der Waals surface area (Å²) in [6.45, 7) is 4.28. The van der Waals surface area contributed by atoms with E-state index in [-0.39, 0.29) is 28.8 Å². The Morgan fingerprint density at radius 1 is 1.09 bits per heavy atom. The number of nitriles is 1. The molecular weight excluding hydrogens is 613 g/mol. The maximum absolute atomic E-state index is 14.2. The maximum atomic E-state index is 14.2. The fourth-order valence-corrected chi connectivity index (χ4v) is 5.31. The quantitative estimate of drug-likeness (QED) is 0.218. The van der Waals surface area contributed by atoms with Crippen LogP contribution in [-0.2, 0) is 19.8 Å². The molecule has 244 valence electrons. The van der Waals surface area contributed by atoms with Gasteiger partial charge in [0.15, 0.2) is 5.76 Å². The Kier molecular flexibility index (Phi) is 8.70. The smallest absolute Gasteiger partial charge is 0.416 e. The molecular formula is C33H34F3N8O3+. The zero-order chi connectivity index (χ0) is 34.3. The monoisotopic (exact) mass is 647 g/mol. The number of quaternary nitrogens is 1. The number of benzene rings is 2. The fourth-order valence-electron chi connectivity index (χ4n) is 5.31. The number of oxazole rings is 1. The summed E-state index contributed by atoms with van der Waals surface area (Å²) in [5, 5.41) is 16.5. The molecule has 3 aromatic heterocycles. The van der Waals surface area contributed by atoms with Crippen molar-refractivity contribution >= 4 is 5.91 Å². The van der Waals surface area contributed by atoms with Gasteiger partial charge in [-0.3, -0.25) is 14.3 Å². The van der Waals surface area contributed by atoms with E-state index in [9.17, 15) is 28.0 Å². The normalized spacial score (nSPS) is 12.7. The Morgan fingerprint density at radius 2 is 1.79 bits per heavy atom. The average Bonchev–Trinajstić information content (AvgIpc) is 3.72. The first-order valence-electron chi connectivity index (χ1n) is 14.7. The third-order valence-corrected chi connectivity index (χ3v) is 7.46. The Bertz CT molecular complexity index is 2020. The number of nitrogens with zero attached hydrogens (tertiary/aromatic N) is 7. The van der Waals surface area contributed by atoms with Gasteiger partial charge in [0.2, 0.25) is 5.89 Å². The summed E-state index contributed by atoms with van der Waals surface area (Å²) in [5.41, 5.74) is -0.834. The Hall–Kier alpha value is -5.42. The van der Waals surface area contributed by atoms with Crippen LogP contribution in [0.3, 0.4) is 0 Å². The van der Waals surface area contributed by atoms with E-state index in [1.165, 1.54) is 34.7 Å². The van der Waals surface area contributed by atoms with Crippen LogP contribution in [0.25, 0.3) is 22.8 Å². The number of hydrogen-bond acceptors (Lipinski definition) is 6. The van der Waals surface area contributed by atoms with Crippen molar-refractivity contribution in [1.29, 1.82) is 5.26 Å². The van der Waals surface area contributed by atoms with Gasteiger partial charge in [0, 0.05) is 7.05 Å². The van der Waals surface area contributed by atoms with Gasteiger partial charge < -0.3 is 14.2 Å². The average molecular weight is 648 g/mol. The molecule has 1 atom stereocenters. The summed E-state index contributed by atoms with van der Waals surface area (Å²) in [4.78, 5) is 32.8. The molecule has 0 radical (unpaired) electrons. The highest BCUT2D eigenvalue weighted by atomic mass is 19.4. The topological polar surface area (TPSA) is 124 Å². The minimum absolute atomic E-state index is 0.0879. The lowest BCUT2D eigenvalue weighted by Gasteiger charge is -2.22. The zero-order valence-corrected chi connectivity index (χ0v) is 26.7. The highest BCUT2D eigenvalue weighted by molar-refractivity contribution is 6.00. The van der Waals surface area contributed by atoms with Crippen molar-refractivity contribution in [1.82, 2.24) is 29.4 Å². The van der Waals surface area contributed by atoms with Gasteiger partial charge in [-0.1, -0.05) is 19.9 Å². The SMILES string of the molecule is CC(C)[C@H](NC(=O)c1c(-c2ccnn2-c2ccc(C#N)cc2)n(C)n(-c2cccc(C(F)(F)F)c2)c1=O)c1ncc(C[N+](C)(C)C)o1. The van der Waals surface area contributed by atoms with E-state index in [4.69, 9.17) is 4.42 Å². The summed E-state index contributed by atoms with van der Waals surface area (Å²) in [7, 11) is 7.48. The van der Waals surface area contributed by atoms with Gasteiger partial charge in [-0.2, -0.15) is 23.5 Å². The van der Waals surface area contributed by atoms with Crippen LogP contribution >= 0.6 is 0 Å². The van der Waals surface area contributed by atoms with Crippen LogP contribution in [0.5, 0.6) is 0 Å². The van der Waals surface area contributed by atoms with E-state index < -0.39 is 29.2 Å². The number of carbonyl (C=O) groups excluding carboxylic acids is 1. The first kappa shape index (κ1) is 33.0. The number of alkyl halides is 3. The molecule has 0 aliphatic heterocycles. The molecule has 0 aliphatic carbocycles. The molecule has 0 aliphatic rings. The minimum atomic E-state index is -4.66. The summed E-state index contributed by atoms with van der Waals surface area (Å²) in [5.74, 6) is -0.110. The Morgan fingerprint density at radius 3 is 2.40 bits per heavy atom. The van der Waals surface area contributed by atoms with E-state index >= 15 is 0 Å². The molecule has 47 heavy (non-hydrogen) atoms. The third-order valence-electron chi connectivity index (χ3n) is 7.46. The highest BCUT2D eigenvalue weighted by Gasteiger charge is 2.34. The van der Waals surface area contributed by atoms with Crippen molar-refractivity contribution < 1.29 is 26.9 Å². The second kappa shape index (κ2) is 12.4. The lowest BCUT2D eigenvalue weighted by molar-refractivity contribution is -0.884. The van der Waals surface area contributed by atoms with Crippen molar-refractivity contribution in [3.63, 3.8) is 0 Å². The Labute approximate surface area is 268 Å². The van der Waals surface area contributed by atoms with Crippen molar-refractivity contribution in [2.75, 3.05) is 21.1 Å². The molecule has 2 aromatic carbocycles. The first-order chi connectivity index (χ1) is 22.1. The molecule has 0 unspecified atom stereocenters. The van der Waals surface area contributed by atoms with Crippen LogP contribution in [0, 0.1) is 17.2 Å². The van der Waals surface area contributed by atoms with Crippen LogP contribution in [0.15, 0.2) is 76.2 Å². The molecule has 0 fully saturated rings. The number of aromatic nitrogens is 5. The Balaban J connectivity index is 1.67. The number of carbonyl (C=O) groups is 1. The van der Waals surface area contributed by atoms with Gasteiger partial charge in [-0.15, -0.1) is 0 Å². The van der Waals surface area contributed by atoms with Gasteiger partial charge >= 0.3 is 6.18 Å². The molecule has 5 rings (SSSR count). The second-order valence-corrected chi connectivity index (χ2v) is 12.5. The number of nitrogens with one attached hydrogen (secondary N) is 1. The largest absolute Gasteiger partial charge is 0.437 e. The molecule has 0 spiro atoms. The van der Waals surface area contributed by atoms with Crippen molar-refractivity contribution in [2.24, 2.45) is 13.0 Å². The van der Waals surface area contributed by atoms with Crippen LogP contribution in [0.2, 0.25) is 0 Å². The third kappa shape index (κ3) is 6.75. The molecule has 1 N–H and O–H groups in total. The van der Waals surface area contributed by atoms with Gasteiger partial charge in [0.05, 0.1) is 67.8 Å². The summed E-state index contributed by atoms with van der Waals surface area (Å²) in [6.07, 6.45) is -1.58. The van der Waals surface area contributed by atoms with E-state index in [1.54, 1.807) is 36.5 Å². The van der Waals surface area contributed by atoms with Crippen LogP contribution in [-0.4, -0.2) is 55.7 Å². The minimum Gasteiger partial charge on any atom is -0.437 e. The molecule has 11 nitrogen and oxygen atoms in total. The van der Waals surface area contributed by atoms with Crippen LogP contribution < -0.4 is 10.9 Å². The summed E-state index contributed by atoms with van der Waals surface area (Å²) < 4.78 is 51.5. The molecule has 3 heterocycles. The number of amides is 1. The van der Waals surface area contributed by atoms with Gasteiger partial charge in [-0.25, -0.2) is 14.3 Å². The van der Waals surface area contributed by atoms with E-state index in [2.05, 4.69) is 21.5 Å². The predicted octanol–water partition coefficient (Wildman–Crippen LogP) is 5.24. The lowest BCUT2D eigenvalue weighted by atomic mass is 10.0. The number of rotatable bonds is 9.